The van der Waals surface area contributed by atoms with Crippen LogP contribution in [-0.4, -0.2) is 10.2 Å². The van der Waals surface area contributed by atoms with E-state index >= 15 is 0 Å². The first-order chi connectivity index (χ1) is 9.81. The van der Waals surface area contributed by atoms with E-state index in [2.05, 4.69) is 41.9 Å². The van der Waals surface area contributed by atoms with Crippen molar-refractivity contribution < 1.29 is 4.42 Å². The third-order valence-electron chi connectivity index (χ3n) is 3.46. The van der Waals surface area contributed by atoms with Gasteiger partial charge in [-0.2, -0.15) is 0 Å². The third kappa shape index (κ3) is 4.37. The fourth-order valence-corrected chi connectivity index (χ4v) is 2.50. The maximum Gasteiger partial charge on any atom is 0.273 e. The Morgan fingerprint density at radius 3 is 2.50 bits per heavy atom. The van der Waals surface area contributed by atoms with Crippen LogP contribution in [0.4, 0.5) is 0 Å². The van der Waals surface area contributed by atoms with Gasteiger partial charge in [0.1, 0.15) is 0 Å². The average Bonchev–Trinajstić information content (AvgIpc) is 2.89. The first-order valence-electron chi connectivity index (χ1n) is 7.42. The molecule has 1 aromatic heterocycles. The molecule has 2 rings (SSSR count). The Morgan fingerprint density at radius 2 is 1.75 bits per heavy atom. The van der Waals surface area contributed by atoms with E-state index in [1.807, 2.05) is 12.1 Å². The topological polar surface area (TPSA) is 38.9 Å². The van der Waals surface area contributed by atoms with Crippen LogP contribution >= 0.6 is 12.6 Å². The minimum absolute atomic E-state index is 0.314. The molecule has 0 unspecified atom stereocenters. The van der Waals surface area contributed by atoms with Crippen LogP contribution in [0, 0.1) is 0 Å². The summed E-state index contributed by atoms with van der Waals surface area (Å²) in [6.45, 7) is 2.25. The second kappa shape index (κ2) is 8.10. The van der Waals surface area contributed by atoms with Crippen LogP contribution in [0.3, 0.4) is 0 Å². The van der Waals surface area contributed by atoms with E-state index in [4.69, 9.17) is 4.42 Å². The van der Waals surface area contributed by atoms with Gasteiger partial charge in [0.05, 0.1) is 0 Å². The molecule has 1 aromatic carbocycles. The number of hydrogen-bond acceptors (Lipinski definition) is 4. The Hall–Kier alpha value is -1.29. The van der Waals surface area contributed by atoms with E-state index in [0.29, 0.717) is 11.1 Å². The van der Waals surface area contributed by atoms with Crippen molar-refractivity contribution in [1.82, 2.24) is 10.2 Å². The number of rotatable bonds is 8. The summed E-state index contributed by atoms with van der Waals surface area (Å²) in [6.07, 6.45) is 8.89. The van der Waals surface area contributed by atoms with Gasteiger partial charge in [0.15, 0.2) is 0 Å². The zero-order valence-electron chi connectivity index (χ0n) is 12.0. The Kier molecular flexibility index (Phi) is 6.12. The monoisotopic (exact) mass is 290 g/mol. The molecule has 108 valence electrons. The first kappa shape index (κ1) is 15.1. The molecular weight excluding hydrogens is 268 g/mol. The highest BCUT2D eigenvalue weighted by molar-refractivity contribution is 7.80. The molecule has 2 aromatic rings. The Balaban J connectivity index is 1.91. The van der Waals surface area contributed by atoms with Crippen molar-refractivity contribution in [3.63, 3.8) is 0 Å². The van der Waals surface area contributed by atoms with Crippen molar-refractivity contribution in [3.8, 4) is 11.5 Å². The van der Waals surface area contributed by atoms with Gasteiger partial charge >= 0.3 is 0 Å². The van der Waals surface area contributed by atoms with E-state index in [-0.39, 0.29) is 0 Å². The van der Waals surface area contributed by atoms with Crippen LogP contribution in [0.1, 0.15) is 51.0 Å². The predicted molar refractivity (Wildman–Crippen MR) is 84.1 cm³/mol. The molecular formula is C16H22N2OS. The number of hydrogen-bond donors (Lipinski definition) is 1. The van der Waals surface area contributed by atoms with Gasteiger partial charge < -0.3 is 4.42 Å². The molecule has 0 atom stereocenters. The standard InChI is InChI=1S/C16H22N2OS/c1-2-3-4-5-6-7-10-13-11-8-9-12-14(13)15-17-18-16(20)19-15/h8-9,11-12H,2-7,10H2,1H3,(H,18,20). The molecule has 0 bridgehead atoms. The average molecular weight is 290 g/mol. The van der Waals surface area contributed by atoms with Crippen LogP contribution in [0.2, 0.25) is 0 Å². The molecule has 0 aliphatic carbocycles. The van der Waals surface area contributed by atoms with E-state index in [1.165, 1.54) is 44.1 Å². The number of unbranched alkanes of at least 4 members (excludes halogenated alkanes) is 5. The number of aromatic nitrogens is 2. The Morgan fingerprint density at radius 1 is 1.00 bits per heavy atom. The summed E-state index contributed by atoms with van der Waals surface area (Å²) in [6, 6.07) is 8.24. The van der Waals surface area contributed by atoms with E-state index in [9.17, 15) is 0 Å². The molecule has 0 aliphatic rings. The van der Waals surface area contributed by atoms with E-state index < -0.39 is 0 Å². The van der Waals surface area contributed by atoms with Crippen molar-refractivity contribution in [1.29, 1.82) is 0 Å². The smallest absolute Gasteiger partial charge is 0.273 e. The van der Waals surface area contributed by atoms with Crippen molar-refractivity contribution in [2.75, 3.05) is 0 Å². The van der Waals surface area contributed by atoms with Gasteiger partial charge in [-0.05, 0) is 24.5 Å². The molecule has 0 radical (unpaired) electrons. The molecule has 20 heavy (non-hydrogen) atoms. The van der Waals surface area contributed by atoms with Gasteiger partial charge in [0, 0.05) is 5.56 Å². The summed E-state index contributed by atoms with van der Waals surface area (Å²) in [5, 5.41) is 8.15. The van der Waals surface area contributed by atoms with Gasteiger partial charge in [-0.15, -0.1) is 10.2 Å². The molecule has 1 heterocycles. The largest absolute Gasteiger partial charge is 0.411 e. The SMILES string of the molecule is CCCCCCCCc1ccccc1-c1nnc(S)o1. The summed E-state index contributed by atoms with van der Waals surface area (Å²) < 4.78 is 5.41. The van der Waals surface area contributed by atoms with Crippen LogP contribution in [0.15, 0.2) is 33.9 Å². The predicted octanol–water partition coefficient (Wildman–Crippen LogP) is 4.93. The lowest BCUT2D eigenvalue weighted by Gasteiger charge is -2.06. The number of nitrogens with zero attached hydrogens (tertiary/aromatic N) is 2. The highest BCUT2D eigenvalue weighted by atomic mass is 32.1. The molecule has 0 spiro atoms. The maximum absolute atomic E-state index is 5.41. The molecule has 0 saturated heterocycles. The van der Waals surface area contributed by atoms with Crippen LogP contribution < -0.4 is 0 Å². The molecule has 3 nitrogen and oxygen atoms in total. The van der Waals surface area contributed by atoms with Crippen LogP contribution in [0.5, 0.6) is 0 Å². The lowest BCUT2D eigenvalue weighted by molar-refractivity contribution is 0.467. The van der Waals surface area contributed by atoms with E-state index in [0.717, 1.165) is 12.0 Å². The van der Waals surface area contributed by atoms with Crippen molar-refractivity contribution in [2.45, 2.75) is 57.1 Å². The van der Waals surface area contributed by atoms with Gasteiger partial charge in [-0.3, -0.25) is 0 Å². The molecule has 4 heteroatoms. The number of benzene rings is 1. The zero-order chi connectivity index (χ0) is 14.2. The second-order valence-corrected chi connectivity index (χ2v) is 5.45. The molecule has 0 aliphatic heterocycles. The van der Waals surface area contributed by atoms with Crippen LogP contribution in [-0.2, 0) is 6.42 Å². The summed E-state index contributed by atoms with van der Waals surface area (Å²) in [5.74, 6) is 0.566. The molecule has 0 fully saturated rings. The lowest BCUT2D eigenvalue weighted by Crippen LogP contribution is -1.91. The number of aryl methyl sites for hydroxylation is 1. The third-order valence-corrected chi connectivity index (χ3v) is 3.64. The minimum Gasteiger partial charge on any atom is -0.411 e. The lowest BCUT2D eigenvalue weighted by atomic mass is 10.0. The van der Waals surface area contributed by atoms with Gasteiger partial charge in [-0.25, -0.2) is 0 Å². The maximum atomic E-state index is 5.41. The van der Waals surface area contributed by atoms with Gasteiger partial charge in [0.25, 0.3) is 5.22 Å². The van der Waals surface area contributed by atoms with Crippen LogP contribution in [0.25, 0.3) is 11.5 Å². The first-order valence-corrected chi connectivity index (χ1v) is 7.86. The highest BCUT2D eigenvalue weighted by Crippen LogP contribution is 2.24. The Labute approximate surface area is 126 Å². The summed E-state index contributed by atoms with van der Waals surface area (Å²) in [5.41, 5.74) is 2.31. The zero-order valence-corrected chi connectivity index (χ0v) is 12.9. The summed E-state index contributed by atoms with van der Waals surface area (Å²) in [7, 11) is 0. The van der Waals surface area contributed by atoms with Crippen molar-refractivity contribution in [3.05, 3.63) is 29.8 Å². The van der Waals surface area contributed by atoms with Crippen molar-refractivity contribution in [2.24, 2.45) is 0 Å². The molecule has 0 N–H and O–H groups in total. The summed E-state index contributed by atoms with van der Waals surface area (Å²) >= 11 is 4.07. The number of thiol groups is 1. The van der Waals surface area contributed by atoms with Gasteiger partial charge in [0.2, 0.25) is 5.89 Å². The fraction of sp³-hybridized carbons (Fsp3) is 0.500. The fourth-order valence-electron chi connectivity index (χ4n) is 2.37. The molecule has 0 saturated carbocycles. The normalized spacial score (nSPS) is 10.9. The summed E-state index contributed by atoms with van der Waals surface area (Å²) in [4.78, 5) is 0. The highest BCUT2D eigenvalue weighted by Gasteiger charge is 2.10. The van der Waals surface area contributed by atoms with Crippen molar-refractivity contribution >= 4 is 12.6 Å². The quantitative estimate of drug-likeness (QED) is 0.553. The second-order valence-electron chi connectivity index (χ2n) is 5.06. The van der Waals surface area contributed by atoms with Gasteiger partial charge in [-0.1, -0.05) is 69.9 Å². The van der Waals surface area contributed by atoms with E-state index in [1.54, 1.807) is 0 Å². The Bertz CT molecular complexity index is 525. The molecule has 0 amide bonds. The minimum atomic E-state index is 0.314.